The number of carbonyl (C=O) groups excluding carboxylic acids is 1. The lowest BCUT2D eigenvalue weighted by atomic mass is 9.94. The highest BCUT2D eigenvalue weighted by atomic mass is 35.5. The number of hydrogen-bond donors (Lipinski definition) is 5. The lowest BCUT2D eigenvalue weighted by Crippen LogP contribution is -2.42. The highest BCUT2D eigenvalue weighted by molar-refractivity contribution is 5.96. The monoisotopic (exact) mass is 422 g/mol. The van der Waals surface area contributed by atoms with Gasteiger partial charge in [-0.15, -0.1) is 12.4 Å². The van der Waals surface area contributed by atoms with Crippen LogP contribution in [0.3, 0.4) is 0 Å². The summed E-state index contributed by atoms with van der Waals surface area (Å²) >= 11 is 0. The van der Waals surface area contributed by atoms with E-state index in [0.717, 1.165) is 18.4 Å². The van der Waals surface area contributed by atoms with Crippen LogP contribution in [0, 0.1) is 0 Å². The van der Waals surface area contributed by atoms with Crippen molar-refractivity contribution in [2.45, 2.75) is 38.3 Å². The van der Waals surface area contributed by atoms with Crippen LogP contribution in [-0.4, -0.2) is 39.9 Å². The summed E-state index contributed by atoms with van der Waals surface area (Å²) in [6, 6.07) is 9.98. The van der Waals surface area contributed by atoms with Crippen molar-refractivity contribution in [1.82, 2.24) is 5.32 Å². The molecule has 3 rings (SSSR count). The SMILES string of the molecule is CC(C)(CCc1ccc(O)cc1)NC[C@H](O)c1cc(O)cc2c1OCC(=O)N2.Cl. The Bertz CT molecular complexity index is 855. The van der Waals surface area contributed by atoms with Gasteiger partial charge in [-0.2, -0.15) is 0 Å². The Morgan fingerprint density at radius 2 is 1.86 bits per heavy atom. The molecule has 0 aliphatic carbocycles. The van der Waals surface area contributed by atoms with E-state index in [1.807, 2.05) is 12.1 Å². The maximum Gasteiger partial charge on any atom is 0.262 e. The standard InChI is InChI=1S/C21H26N2O5.ClH/c1-21(2,8-7-13-3-5-14(24)6-4-13)22-11-18(26)16-9-15(25)10-17-20(16)28-12-19(27)23-17;/h3-6,9-10,18,22,24-26H,7-8,11-12H2,1-2H3,(H,23,27);1H/t18-;/m0./s1. The van der Waals surface area contributed by atoms with Crippen molar-refractivity contribution in [3.8, 4) is 17.2 Å². The minimum absolute atomic E-state index is 0. The summed E-state index contributed by atoms with van der Waals surface area (Å²) < 4.78 is 5.46. The average molecular weight is 423 g/mol. The van der Waals surface area contributed by atoms with Gasteiger partial charge in [-0.3, -0.25) is 4.79 Å². The maximum absolute atomic E-state index is 11.5. The molecule has 0 bridgehead atoms. The maximum atomic E-state index is 11.5. The second kappa shape index (κ2) is 9.35. The van der Waals surface area contributed by atoms with Crippen LogP contribution in [-0.2, 0) is 11.2 Å². The third kappa shape index (κ3) is 6.00. The minimum Gasteiger partial charge on any atom is -0.508 e. The van der Waals surface area contributed by atoms with Gasteiger partial charge in [0.1, 0.15) is 17.2 Å². The molecule has 1 amide bonds. The van der Waals surface area contributed by atoms with Crippen molar-refractivity contribution in [1.29, 1.82) is 0 Å². The smallest absolute Gasteiger partial charge is 0.262 e. The molecule has 1 aliphatic heterocycles. The molecule has 8 heteroatoms. The second-order valence-electron chi connectivity index (χ2n) is 7.70. The zero-order chi connectivity index (χ0) is 20.3. The van der Waals surface area contributed by atoms with E-state index in [1.54, 1.807) is 12.1 Å². The van der Waals surface area contributed by atoms with E-state index in [2.05, 4.69) is 24.5 Å². The zero-order valence-electron chi connectivity index (χ0n) is 16.4. The highest BCUT2D eigenvalue weighted by Crippen LogP contribution is 2.38. The van der Waals surface area contributed by atoms with Crippen LogP contribution >= 0.6 is 12.4 Å². The molecule has 0 fully saturated rings. The Morgan fingerprint density at radius 3 is 2.55 bits per heavy atom. The van der Waals surface area contributed by atoms with E-state index in [0.29, 0.717) is 17.0 Å². The van der Waals surface area contributed by atoms with Crippen molar-refractivity contribution in [3.05, 3.63) is 47.5 Å². The molecule has 0 radical (unpaired) electrons. The number of amides is 1. The number of aryl methyl sites for hydroxylation is 1. The molecule has 1 atom stereocenters. The van der Waals surface area contributed by atoms with Gasteiger partial charge in [-0.1, -0.05) is 12.1 Å². The van der Waals surface area contributed by atoms with E-state index >= 15 is 0 Å². The number of aromatic hydroxyl groups is 2. The number of nitrogens with one attached hydrogen (secondary N) is 2. The van der Waals surface area contributed by atoms with Crippen LogP contribution in [0.1, 0.15) is 37.5 Å². The lowest BCUT2D eigenvalue weighted by Gasteiger charge is -2.29. The third-order valence-electron chi connectivity index (χ3n) is 4.83. The summed E-state index contributed by atoms with van der Waals surface area (Å²) in [5, 5.41) is 35.9. The fourth-order valence-electron chi connectivity index (χ4n) is 3.15. The van der Waals surface area contributed by atoms with Gasteiger partial charge >= 0.3 is 0 Å². The molecule has 0 saturated heterocycles. The van der Waals surface area contributed by atoms with Crippen molar-refractivity contribution in [2.75, 3.05) is 18.5 Å². The van der Waals surface area contributed by atoms with Gasteiger partial charge in [-0.25, -0.2) is 0 Å². The van der Waals surface area contributed by atoms with Crippen LogP contribution < -0.4 is 15.4 Å². The summed E-state index contributed by atoms with van der Waals surface area (Å²) in [4.78, 5) is 11.5. The number of benzene rings is 2. The quantitative estimate of drug-likeness (QED) is 0.469. The van der Waals surface area contributed by atoms with Crippen molar-refractivity contribution in [3.63, 3.8) is 0 Å². The van der Waals surface area contributed by atoms with E-state index in [4.69, 9.17) is 4.74 Å². The number of halogens is 1. The van der Waals surface area contributed by atoms with Crippen LogP contribution in [0.2, 0.25) is 0 Å². The Morgan fingerprint density at radius 1 is 1.17 bits per heavy atom. The Kier molecular flexibility index (Phi) is 7.35. The van der Waals surface area contributed by atoms with E-state index in [1.165, 1.54) is 12.1 Å². The molecule has 0 spiro atoms. The van der Waals surface area contributed by atoms with Crippen LogP contribution in [0.15, 0.2) is 36.4 Å². The number of hydrogen-bond acceptors (Lipinski definition) is 6. The van der Waals surface area contributed by atoms with Crippen LogP contribution in [0.25, 0.3) is 0 Å². The largest absolute Gasteiger partial charge is 0.508 e. The van der Waals surface area contributed by atoms with Gasteiger partial charge in [0, 0.05) is 23.7 Å². The predicted octanol–water partition coefficient (Wildman–Crippen LogP) is 2.88. The topological polar surface area (TPSA) is 111 Å². The van der Waals surface area contributed by atoms with Gasteiger partial charge in [0.2, 0.25) is 0 Å². The molecule has 5 N–H and O–H groups in total. The first-order chi connectivity index (χ1) is 13.2. The Labute approximate surface area is 176 Å². The Balaban J connectivity index is 0.00000300. The van der Waals surface area contributed by atoms with Gasteiger partial charge < -0.3 is 30.7 Å². The number of aliphatic hydroxyl groups excluding tert-OH is 1. The minimum atomic E-state index is -0.913. The molecular weight excluding hydrogens is 396 g/mol. The molecule has 0 aromatic heterocycles. The van der Waals surface area contributed by atoms with Crippen LogP contribution in [0.5, 0.6) is 17.2 Å². The van der Waals surface area contributed by atoms with E-state index in [-0.39, 0.29) is 48.5 Å². The van der Waals surface area contributed by atoms with Gasteiger partial charge in [-0.05, 0) is 50.5 Å². The zero-order valence-corrected chi connectivity index (χ0v) is 17.3. The van der Waals surface area contributed by atoms with Crippen molar-refractivity contribution in [2.24, 2.45) is 0 Å². The molecule has 29 heavy (non-hydrogen) atoms. The normalized spacial score (nSPS) is 14.2. The second-order valence-corrected chi connectivity index (χ2v) is 7.70. The summed E-state index contributed by atoms with van der Waals surface area (Å²) in [5.41, 5.74) is 1.67. The van der Waals surface area contributed by atoms with E-state index in [9.17, 15) is 20.1 Å². The number of fused-ring (bicyclic) bond motifs is 1. The van der Waals surface area contributed by atoms with E-state index < -0.39 is 6.10 Å². The molecule has 2 aromatic rings. The average Bonchev–Trinajstić information content (AvgIpc) is 2.65. The number of ether oxygens (including phenoxy) is 1. The molecule has 0 unspecified atom stereocenters. The van der Waals surface area contributed by atoms with Crippen LogP contribution in [0.4, 0.5) is 5.69 Å². The fraction of sp³-hybridized carbons (Fsp3) is 0.381. The Hall–Kier alpha value is -2.48. The number of β-amino-alcohol motifs (C(OH)–C–C–N with tert-alkyl or cyclic N) is 1. The first kappa shape index (κ1) is 22.8. The third-order valence-corrected chi connectivity index (χ3v) is 4.83. The summed E-state index contributed by atoms with van der Waals surface area (Å²) in [5.74, 6) is 0.280. The fourth-order valence-corrected chi connectivity index (χ4v) is 3.15. The van der Waals surface area contributed by atoms with Crippen molar-refractivity contribution >= 4 is 24.0 Å². The molecule has 0 saturated carbocycles. The number of aliphatic hydroxyl groups is 1. The molecule has 158 valence electrons. The van der Waals surface area contributed by atoms with Gasteiger partial charge in [0.15, 0.2) is 6.61 Å². The molecule has 7 nitrogen and oxygen atoms in total. The molecule has 2 aromatic carbocycles. The van der Waals surface area contributed by atoms with Gasteiger partial charge in [0.25, 0.3) is 5.91 Å². The number of phenols is 2. The molecule has 1 heterocycles. The number of rotatable bonds is 7. The predicted molar refractivity (Wildman–Crippen MR) is 113 cm³/mol. The highest BCUT2D eigenvalue weighted by Gasteiger charge is 2.26. The number of phenolic OH excluding ortho intramolecular Hbond substituents is 2. The molecule has 1 aliphatic rings. The molecular formula is C21H27ClN2O5. The first-order valence-corrected chi connectivity index (χ1v) is 9.24. The van der Waals surface area contributed by atoms with Crippen molar-refractivity contribution < 1.29 is 24.9 Å². The summed E-state index contributed by atoms with van der Waals surface area (Å²) in [7, 11) is 0. The number of anilines is 1. The summed E-state index contributed by atoms with van der Waals surface area (Å²) in [6.45, 7) is 4.24. The van der Waals surface area contributed by atoms with Gasteiger partial charge in [0.05, 0.1) is 11.8 Å². The first-order valence-electron chi connectivity index (χ1n) is 9.24. The lowest BCUT2D eigenvalue weighted by molar-refractivity contribution is -0.118. The summed E-state index contributed by atoms with van der Waals surface area (Å²) in [6.07, 6.45) is 0.742. The number of carbonyl (C=O) groups is 1.